The number of thioether (sulfide) groups is 2. The van der Waals surface area contributed by atoms with Crippen LogP contribution in [0.15, 0.2) is 58.3 Å². The molecule has 6 heteroatoms. The fourth-order valence-corrected chi connectivity index (χ4v) is 2.65. The fraction of sp³-hybridized carbons (Fsp3) is 0.133. The summed E-state index contributed by atoms with van der Waals surface area (Å²) >= 11 is 3.29. The molecule has 0 aliphatic heterocycles. The zero-order valence-corrected chi connectivity index (χ0v) is 13.4. The number of hydrogen-bond donors (Lipinski definition) is 2. The zero-order valence-electron chi connectivity index (χ0n) is 11.7. The third-order valence-electron chi connectivity index (χ3n) is 2.87. The number of carboxylic acid groups (broad SMARTS) is 1. The first-order chi connectivity index (χ1) is 10.1. The molecule has 0 aliphatic rings. The summed E-state index contributed by atoms with van der Waals surface area (Å²) in [5.74, 6) is 0. The van der Waals surface area contributed by atoms with Crippen molar-refractivity contribution in [3.63, 3.8) is 0 Å². The molecular formula is C15H16N2O2S2. The van der Waals surface area contributed by atoms with Crippen LogP contribution in [-0.4, -0.2) is 23.7 Å². The van der Waals surface area contributed by atoms with Crippen LogP contribution in [0.3, 0.4) is 0 Å². The number of carbonyl (C=O) groups is 1. The highest BCUT2D eigenvalue weighted by Gasteiger charge is 2.12. The topological polar surface area (TPSA) is 52.6 Å². The van der Waals surface area contributed by atoms with Gasteiger partial charge in [0.1, 0.15) is 0 Å². The van der Waals surface area contributed by atoms with Crippen molar-refractivity contribution < 1.29 is 9.90 Å². The number of anilines is 2. The van der Waals surface area contributed by atoms with Gasteiger partial charge >= 0.3 is 6.09 Å². The van der Waals surface area contributed by atoms with Gasteiger partial charge < -0.3 is 5.11 Å². The third kappa shape index (κ3) is 4.09. The normalized spacial score (nSPS) is 10.2. The van der Waals surface area contributed by atoms with E-state index in [9.17, 15) is 4.79 Å². The second-order valence-electron chi connectivity index (χ2n) is 4.15. The van der Waals surface area contributed by atoms with Crippen molar-refractivity contribution in [3.8, 4) is 0 Å². The maximum absolute atomic E-state index is 11.0. The molecule has 0 aliphatic carbocycles. The summed E-state index contributed by atoms with van der Waals surface area (Å²) in [5.41, 5.74) is 3.96. The molecule has 0 spiro atoms. The molecule has 21 heavy (non-hydrogen) atoms. The minimum atomic E-state index is -1.10. The number of hydrazine groups is 1. The van der Waals surface area contributed by atoms with E-state index < -0.39 is 6.09 Å². The average Bonchev–Trinajstić information content (AvgIpc) is 2.53. The van der Waals surface area contributed by atoms with Crippen LogP contribution in [0, 0.1) is 0 Å². The van der Waals surface area contributed by atoms with Crippen LogP contribution in [-0.2, 0) is 0 Å². The molecule has 2 aromatic carbocycles. The monoisotopic (exact) mass is 320 g/mol. The largest absolute Gasteiger partial charge is 0.464 e. The molecule has 0 saturated heterocycles. The minimum absolute atomic E-state index is 0.770. The number of benzene rings is 2. The van der Waals surface area contributed by atoms with Gasteiger partial charge in [0.2, 0.25) is 0 Å². The van der Waals surface area contributed by atoms with Crippen molar-refractivity contribution in [2.45, 2.75) is 9.79 Å². The van der Waals surface area contributed by atoms with E-state index in [4.69, 9.17) is 5.11 Å². The van der Waals surface area contributed by atoms with Crippen LogP contribution in [0.4, 0.5) is 16.2 Å². The fourth-order valence-electron chi connectivity index (χ4n) is 1.84. The van der Waals surface area contributed by atoms with Gasteiger partial charge in [0.25, 0.3) is 0 Å². The number of hydrogen-bond acceptors (Lipinski definition) is 4. The molecule has 0 aromatic heterocycles. The van der Waals surface area contributed by atoms with E-state index in [0.717, 1.165) is 21.2 Å². The maximum atomic E-state index is 11.0. The van der Waals surface area contributed by atoms with Gasteiger partial charge in [-0.05, 0) is 61.0 Å². The van der Waals surface area contributed by atoms with E-state index in [1.54, 1.807) is 28.5 Å². The summed E-state index contributed by atoms with van der Waals surface area (Å²) < 4.78 is 0. The van der Waals surface area contributed by atoms with Gasteiger partial charge in [-0.15, -0.1) is 23.5 Å². The van der Waals surface area contributed by atoms with Crippen molar-refractivity contribution in [2.24, 2.45) is 0 Å². The third-order valence-corrected chi connectivity index (χ3v) is 4.36. The number of nitrogens with zero attached hydrogens (tertiary/aromatic N) is 1. The number of amides is 1. The maximum Gasteiger partial charge on any atom is 0.423 e. The van der Waals surface area contributed by atoms with Crippen LogP contribution < -0.4 is 10.4 Å². The molecule has 2 aromatic rings. The number of rotatable bonds is 5. The van der Waals surface area contributed by atoms with Crippen molar-refractivity contribution in [1.82, 2.24) is 5.43 Å². The Hall–Kier alpha value is -1.79. The summed E-state index contributed by atoms with van der Waals surface area (Å²) in [7, 11) is 0. The second kappa shape index (κ2) is 7.28. The number of nitrogens with one attached hydrogen (secondary N) is 1. The Morgan fingerprint density at radius 3 is 1.57 bits per heavy atom. The highest BCUT2D eigenvalue weighted by molar-refractivity contribution is 7.98. The Morgan fingerprint density at radius 2 is 1.29 bits per heavy atom. The van der Waals surface area contributed by atoms with E-state index in [0.29, 0.717) is 0 Å². The summed E-state index contributed by atoms with van der Waals surface area (Å²) in [6, 6.07) is 15.4. The smallest absolute Gasteiger partial charge is 0.423 e. The van der Waals surface area contributed by atoms with Gasteiger partial charge in [0.05, 0.1) is 11.4 Å². The second-order valence-corrected chi connectivity index (χ2v) is 5.91. The van der Waals surface area contributed by atoms with E-state index in [2.05, 4.69) is 5.43 Å². The van der Waals surface area contributed by atoms with Crippen LogP contribution in [0.5, 0.6) is 0 Å². The van der Waals surface area contributed by atoms with Gasteiger partial charge in [-0.25, -0.2) is 10.2 Å². The van der Waals surface area contributed by atoms with Crippen LogP contribution in [0.25, 0.3) is 0 Å². The standard InChI is InChI=1S/C15H16N2O2S2/c1-20-13-7-3-11(4-8-13)17(16-15(18)19)12-5-9-14(21-2)10-6-12/h3-10,16H,1-2H3,(H,18,19). The molecule has 0 heterocycles. The highest BCUT2D eigenvalue weighted by Crippen LogP contribution is 2.27. The lowest BCUT2D eigenvalue weighted by atomic mass is 10.2. The summed E-state index contributed by atoms with van der Waals surface area (Å²) in [6.45, 7) is 0. The van der Waals surface area contributed by atoms with Crippen LogP contribution in [0.1, 0.15) is 0 Å². The first kappa shape index (κ1) is 15.6. The highest BCUT2D eigenvalue weighted by atomic mass is 32.2. The van der Waals surface area contributed by atoms with Crippen molar-refractivity contribution in [3.05, 3.63) is 48.5 Å². The van der Waals surface area contributed by atoms with E-state index in [1.165, 1.54) is 0 Å². The van der Waals surface area contributed by atoms with E-state index in [1.807, 2.05) is 61.0 Å². The minimum Gasteiger partial charge on any atom is -0.464 e. The van der Waals surface area contributed by atoms with Crippen LogP contribution >= 0.6 is 23.5 Å². The van der Waals surface area contributed by atoms with Gasteiger partial charge in [-0.2, -0.15) is 0 Å². The first-order valence-electron chi connectivity index (χ1n) is 6.22. The van der Waals surface area contributed by atoms with Crippen molar-refractivity contribution in [2.75, 3.05) is 17.5 Å². The quantitative estimate of drug-likeness (QED) is 0.629. The lowest BCUT2D eigenvalue weighted by molar-refractivity contribution is 0.194. The zero-order chi connectivity index (χ0) is 15.2. The van der Waals surface area contributed by atoms with Crippen molar-refractivity contribution in [1.29, 1.82) is 0 Å². The van der Waals surface area contributed by atoms with E-state index >= 15 is 0 Å². The average molecular weight is 320 g/mol. The molecule has 0 fully saturated rings. The Labute approximate surface area is 132 Å². The molecule has 0 radical (unpaired) electrons. The molecular weight excluding hydrogens is 304 g/mol. The molecule has 0 unspecified atom stereocenters. The Morgan fingerprint density at radius 1 is 0.905 bits per heavy atom. The lowest BCUT2D eigenvalue weighted by Gasteiger charge is -2.24. The molecule has 2 N–H and O–H groups in total. The molecule has 0 bridgehead atoms. The molecule has 0 saturated carbocycles. The molecule has 110 valence electrons. The first-order valence-corrected chi connectivity index (χ1v) is 8.67. The van der Waals surface area contributed by atoms with Gasteiger partial charge in [-0.1, -0.05) is 0 Å². The Balaban J connectivity index is 2.33. The predicted molar refractivity (Wildman–Crippen MR) is 89.7 cm³/mol. The molecule has 2 rings (SSSR count). The van der Waals surface area contributed by atoms with Crippen LogP contribution in [0.2, 0.25) is 0 Å². The van der Waals surface area contributed by atoms with Gasteiger partial charge in [0.15, 0.2) is 0 Å². The lowest BCUT2D eigenvalue weighted by Crippen LogP contribution is -2.37. The molecule has 4 nitrogen and oxygen atoms in total. The van der Waals surface area contributed by atoms with Crippen molar-refractivity contribution >= 4 is 41.0 Å². The summed E-state index contributed by atoms with van der Waals surface area (Å²) in [5, 5.41) is 10.6. The molecule has 0 atom stereocenters. The molecule has 1 amide bonds. The van der Waals surface area contributed by atoms with Gasteiger partial charge in [0, 0.05) is 9.79 Å². The SMILES string of the molecule is CSc1ccc(N(NC(=O)O)c2ccc(SC)cc2)cc1. The predicted octanol–water partition coefficient (Wildman–Crippen LogP) is 4.45. The van der Waals surface area contributed by atoms with Gasteiger partial charge in [-0.3, -0.25) is 5.01 Å². The van der Waals surface area contributed by atoms with E-state index in [-0.39, 0.29) is 0 Å². The Bertz CT molecular complexity index is 553. The Kier molecular flexibility index (Phi) is 5.41. The summed E-state index contributed by atoms with van der Waals surface area (Å²) in [6.07, 6.45) is 2.91. The summed E-state index contributed by atoms with van der Waals surface area (Å²) in [4.78, 5) is 13.3.